The van der Waals surface area contributed by atoms with Gasteiger partial charge in [0.2, 0.25) is 0 Å². The number of hydrogen-bond acceptors (Lipinski definition) is 3. The molecule has 7 heteroatoms. The highest BCUT2D eigenvalue weighted by molar-refractivity contribution is 9.10. The summed E-state index contributed by atoms with van der Waals surface area (Å²) in [4.78, 5) is 12.7. The zero-order valence-corrected chi connectivity index (χ0v) is 20.3. The van der Waals surface area contributed by atoms with Crippen molar-refractivity contribution < 1.29 is 4.79 Å². The fourth-order valence-electron chi connectivity index (χ4n) is 3.79. The fourth-order valence-corrected chi connectivity index (χ4v) is 4.07. The number of carbonyl (C=O) groups excluding carboxylic acids is 1. The Hall–Kier alpha value is -3.19. The average molecular weight is 492 g/mol. The zero-order valence-electron chi connectivity index (χ0n) is 18.7. The molecule has 164 valence electrons. The minimum atomic E-state index is -0.100. The predicted molar refractivity (Wildman–Crippen MR) is 129 cm³/mol. The van der Waals surface area contributed by atoms with Crippen LogP contribution in [0.3, 0.4) is 0 Å². The molecule has 2 heterocycles. The molecule has 0 bridgehead atoms. The van der Waals surface area contributed by atoms with Gasteiger partial charge in [0.25, 0.3) is 5.91 Å². The number of nitrogens with one attached hydrogen (secondary N) is 1. The van der Waals surface area contributed by atoms with E-state index in [0.29, 0.717) is 18.7 Å². The molecule has 2 aromatic carbocycles. The Morgan fingerprint density at radius 2 is 1.59 bits per heavy atom. The number of para-hydroxylation sites is 1. The van der Waals surface area contributed by atoms with Gasteiger partial charge >= 0.3 is 0 Å². The number of rotatable bonds is 6. The maximum absolute atomic E-state index is 12.7. The summed E-state index contributed by atoms with van der Waals surface area (Å²) < 4.78 is 4.92. The first-order valence-electron chi connectivity index (χ1n) is 10.5. The Kier molecular flexibility index (Phi) is 6.28. The molecule has 1 N–H and O–H groups in total. The lowest BCUT2D eigenvalue weighted by molar-refractivity contribution is 0.0951. The highest BCUT2D eigenvalue weighted by Crippen LogP contribution is 2.21. The highest BCUT2D eigenvalue weighted by atomic mass is 79.9. The second-order valence-corrected chi connectivity index (χ2v) is 8.71. The Morgan fingerprint density at radius 3 is 2.22 bits per heavy atom. The van der Waals surface area contributed by atoms with E-state index in [1.165, 1.54) is 0 Å². The third kappa shape index (κ3) is 4.39. The second-order valence-electron chi connectivity index (χ2n) is 7.92. The molecule has 2 aromatic heterocycles. The second kappa shape index (κ2) is 9.12. The van der Waals surface area contributed by atoms with Crippen LogP contribution in [0.2, 0.25) is 0 Å². The fraction of sp³-hybridized carbons (Fsp3) is 0.240. The number of amides is 1. The summed E-state index contributed by atoms with van der Waals surface area (Å²) in [5.74, 6) is -0.100. The minimum Gasteiger partial charge on any atom is -0.348 e. The minimum absolute atomic E-state index is 0.100. The summed E-state index contributed by atoms with van der Waals surface area (Å²) in [5, 5.41) is 12.2. The normalized spacial score (nSPS) is 11.0. The van der Waals surface area contributed by atoms with Gasteiger partial charge in [0.1, 0.15) is 0 Å². The van der Waals surface area contributed by atoms with E-state index in [1.54, 1.807) is 0 Å². The molecule has 4 rings (SSSR count). The first kappa shape index (κ1) is 22.0. The van der Waals surface area contributed by atoms with Crippen LogP contribution in [0.5, 0.6) is 0 Å². The molecule has 4 aromatic rings. The number of halogens is 1. The zero-order chi connectivity index (χ0) is 22.8. The Bertz CT molecular complexity index is 1260. The predicted octanol–water partition coefficient (Wildman–Crippen LogP) is 5.04. The maximum atomic E-state index is 12.7. The van der Waals surface area contributed by atoms with E-state index in [2.05, 4.69) is 31.4 Å². The molecular weight excluding hydrogens is 466 g/mol. The van der Waals surface area contributed by atoms with Gasteiger partial charge in [-0.05, 0) is 73.5 Å². The molecule has 0 aliphatic carbocycles. The van der Waals surface area contributed by atoms with Crippen molar-refractivity contribution in [3.8, 4) is 5.69 Å². The van der Waals surface area contributed by atoms with Crippen LogP contribution in [0.15, 0.2) is 59.1 Å². The van der Waals surface area contributed by atoms with E-state index in [-0.39, 0.29) is 5.91 Å². The molecule has 1 amide bonds. The Labute approximate surface area is 196 Å². The molecule has 0 aliphatic heterocycles. The molecule has 6 nitrogen and oxygen atoms in total. The van der Waals surface area contributed by atoms with Crippen LogP contribution in [0.4, 0.5) is 0 Å². The maximum Gasteiger partial charge on any atom is 0.251 e. The topological polar surface area (TPSA) is 64.7 Å². The summed E-state index contributed by atoms with van der Waals surface area (Å²) in [6, 6.07) is 17.7. The van der Waals surface area contributed by atoms with Crippen molar-refractivity contribution in [2.24, 2.45) is 0 Å². The van der Waals surface area contributed by atoms with Crippen molar-refractivity contribution in [1.82, 2.24) is 24.9 Å². The van der Waals surface area contributed by atoms with Gasteiger partial charge in [0.05, 0.1) is 33.8 Å². The highest BCUT2D eigenvalue weighted by Gasteiger charge is 2.15. The van der Waals surface area contributed by atoms with E-state index in [0.717, 1.165) is 44.1 Å². The Balaban J connectivity index is 1.43. The summed E-state index contributed by atoms with van der Waals surface area (Å²) in [7, 11) is 0. The van der Waals surface area contributed by atoms with Crippen molar-refractivity contribution >= 4 is 21.8 Å². The SMILES string of the molecule is Cc1nn(Cc2ccc(C(=O)NCc3c(C)nn(-c4ccccc4)c3C)cc2)c(C)c1Br. The van der Waals surface area contributed by atoms with Crippen LogP contribution in [-0.2, 0) is 13.1 Å². The van der Waals surface area contributed by atoms with Gasteiger partial charge in [-0.3, -0.25) is 9.48 Å². The molecule has 32 heavy (non-hydrogen) atoms. The van der Waals surface area contributed by atoms with Crippen LogP contribution in [-0.4, -0.2) is 25.5 Å². The van der Waals surface area contributed by atoms with E-state index in [9.17, 15) is 4.79 Å². The van der Waals surface area contributed by atoms with Gasteiger partial charge in [-0.1, -0.05) is 30.3 Å². The smallest absolute Gasteiger partial charge is 0.251 e. The van der Waals surface area contributed by atoms with Crippen LogP contribution in [0.25, 0.3) is 5.69 Å². The summed E-state index contributed by atoms with van der Waals surface area (Å²) in [6.07, 6.45) is 0. The summed E-state index contributed by atoms with van der Waals surface area (Å²) in [6.45, 7) is 9.12. The monoisotopic (exact) mass is 491 g/mol. The van der Waals surface area contributed by atoms with Gasteiger partial charge in [0.15, 0.2) is 0 Å². The molecule has 0 spiro atoms. The van der Waals surface area contributed by atoms with Crippen LogP contribution in [0.1, 0.15) is 44.3 Å². The summed E-state index contributed by atoms with van der Waals surface area (Å²) >= 11 is 3.56. The number of aryl methyl sites for hydroxylation is 2. The van der Waals surface area contributed by atoms with Crippen molar-refractivity contribution in [3.05, 3.63) is 98.5 Å². The quantitative estimate of drug-likeness (QED) is 0.410. The van der Waals surface area contributed by atoms with Crippen molar-refractivity contribution in [3.63, 3.8) is 0 Å². The molecule has 0 atom stereocenters. The molecule has 0 unspecified atom stereocenters. The lowest BCUT2D eigenvalue weighted by atomic mass is 10.1. The van der Waals surface area contributed by atoms with Gasteiger partial charge in [-0.15, -0.1) is 0 Å². The van der Waals surface area contributed by atoms with Crippen molar-refractivity contribution in [2.75, 3.05) is 0 Å². The molecule has 0 aliphatic rings. The van der Waals surface area contributed by atoms with Crippen LogP contribution >= 0.6 is 15.9 Å². The molecule has 0 saturated carbocycles. The average Bonchev–Trinajstić information content (AvgIpc) is 3.22. The first-order chi connectivity index (χ1) is 15.3. The van der Waals surface area contributed by atoms with Crippen molar-refractivity contribution in [1.29, 1.82) is 0 Å². The van der Waals surface area contributed by atoms with E-state index < -0.39 is 0 Å². The third-order valence-electron chi connectivity index (χ3n) is 5.71. The summed E-state index contributed by atoms with van der Waals surface area (Å²) in [5.41, 5.74) is 7.78. The van der Waals surface area contributed by atoms with E-state index in [1.807, 2.05) is 91.7 Å². The lowest BCUT2D eigenvalue weighted by Crippen LogP contribution is -2.23. The number of benzene rings is 2. The Morgan fingerprint density at radius 1 is 0.906 bits per heavy atom. The van der Waals surface area contributed by atoms with E-state index >= 15 is 0 Å². The first-order valence-corrected chi connectivity index (χ1v) is 11.3. The molecular formula is C25H26BrN5O. The molecule has 0 saturated heterocycles. The largest absolute Gasteiger partial charge is 0.348 e. The number of nitrogens with zero attached hydrogens (tertiary/aromatic N) is 4. The van der Waals surface area contributed by atoms with E-state index in [4.69, 9.17) is 0 Å². The van der Waals surface area contributed by atoms with Gasteiger partial charge in [-0.2, -0.15) is 10.2 Å². The standard InChI is InChI=1S/C25H26BrN5O/c1-16-23(18(3)31(29-16)22-8-6-5-7-9-22)14-27-25(32)21-12-10-20(11-13-21)15-30-19(4)24(26)17(2)28-30/h5-13H,14-15H2,1-4H3,(H,27,32). The van der Waals surface area contributed by atoms with Gasteiger partial charge < -0.3 is 5.32 Å². The van der Waals surface area contributed by atoms with Crippen LogP contribution < -0.4 is 5.32 Å². The van der Waals surface area contributed by atoms with Gasteiger partial charge in [-0.25, -0.2) is 4.68 Å². The van der Waals surface area contributed by atoms with Crippen LogP contribution in [0, 0.1) is 27.7 Å². The molecule has 0 radical (unpaired) electrons. The number of hydrogen-bond donors (Lipinski definition) is 1. The van der Waals surface area contributed by atoms with Crippen molar-refractivity contribution in [2.45, 2.75) is 40.8 Å². The number of aromatic nitrogens is 4. The lowest BCUT2D eigenvalue weighted by Gasteiger charge is -2.09. The number of carbonyl (C=O) groups is 1. The third-order valence-corrected chi connectivity index (χ3v) is 6.86. The molecule has 0 fully saturated rings. The van der Waals surface area contributed by atoms with Gasteiger partial charge in [0, 0.05) is 23.4 Å².